The van der Waals surface area contributed by atoms with Gasteiger partial charge in [0, 0.05) is 19.2 Å². The van der Waals surface area contributed by atoms with Crippen LogP contribution in [0.5, 0.6) is 0 Å². The Morgan fingerprint density at radius 1 is 1.47 bits per heavy atom. The van der Waals surface area contributed by atoms with E-state index in [-0.39, 0.29) is 12.3 Å². The molecule has 19 heavy (non-hydrogen) atoms. The summed E-state index contributed by atoms with van der Waals surface area (Å²) in [7, 11) is 3.14. The number of hydrogen-bond donors (Lipinski definition) is 0. The van der Waals surface area contributed by atoms with Gasteiger partial charge in [-0.3, -0.25) is 0 Å². The number of carbonyl (C=O) groups excluding carboxylic acids is 2. The van der Waals surface area contributed by atoms with Crippen molar-refractivity contribution in [2.24, 2.45) is 5.16 Å². The zero-order valence-electron chi connectivity index (χ0n) is 11.1. The molecule has 1 heterocycles. The van der Waals surface area contributed by atoms with Crippen molar-refractivity contribution in [3.8, 4) is 0 Å². The van der Waals surface area contributed by atoms with Gasteiger partial charge in [0.05, 0.1) is 6.61 Å². The fourth-order valence-corrected chi connectivity index (χ4v) is 1.42. The highest BCUT2D eigenvalue weighted by atomic mass is 16.7. The molecule has 0 aromatic rings. The molecule has 0 saturated heterocycles. The van der Waals surface area contributed by atoms with E-state index in [0.717, 1.165) is 0 Å². The zero-order chi connectivity index (χ0) is 14.3. The molecule has 0 fully saturated rings. The molecule has 0 N–H and O–H groups in total. The van der Waals surface area contributed by atoms with Crippen LogP contribution >= 0.6 is 0 Å². The molecule has 1 aliphatic heterocycles. The Labute approximate surface area is 111 Å². The van der Waals surface area contributed by atoms with Crippen molar-refractivity contribution in [3.05, 3.63) is 23.9 Å². The van der Waals surface area contributed by atoms with Gasteiger partial charge in [-0.25, -0.2) is 9.59 Å². The summed E-state index contributed by atoms with van der Waals surface area (Å²) in [6.45, 7) is 2.19. The molecule has 0 bridgehead atoms. The lowest BCUT2D eigenvalue weighted by Crippen LogP contribution is -2.29. The number of ether oxygens (including phenoxy) is 2. The lowest BCUT2D eigenvalue weighted by atomic mass is 10.1. The second-order valence-corrected chi connectivity index (χ2v) is 3.64. The van der Waals surface area contributed by atoms with Crippen molar-refractivity contribution in [1.29, 1.82) is 0 Å². The van der Waals surface area contributed by atoms with Gasteiger partial charge in [-0.05, 0) is 19.2 Å². The molecule has 0 aromatic heterocycles. The molecule has 104 valence electrons. The summed E-state index contributed by atoms with van der Waals surface area (Å²) in [5.74, 6) is -0.907. The summed E-state index contributed by atoms with van der Waals surface area (Å²) >= 11 is 0. The summed E-state index contributed by atoms with van der Waals surface area (Å²) in [4.78, 5) is 29.4. The van der Waals surface area contributed by atoms with Gasteiger partial charge in [-0.1, -0.05) is 11.2 Å². The Kier molecular flexibility index (Phi) is 5.59. The number of esters is 1. The van der Waals surface area contributed by atoms with Crippen LogP contribution in [0.2, 0.25) is 0 Å². The number of carbonyl (C=O) groups is 2. The van der Waals surface area contributed by atoms with Crippen molar-refractivity contribution in [2.75, 3.05) is 27.3 Å². The Bertz CT molecular complexity index is 439. The van der Waals surface area contributed by atoms with Gasteiger partial charge < -0.3 is 19.2 Å². The van der Waals surface area contributed by atoms with Crippen LogP contribution in [0.3, 0.4) is 0 Å². The number of nitrogens with zero attached hydrogens (tertiary/aromatic N) is 2. The topological polar surface area (TPSA) is 77.4 Å². The third-order valence-corrected chi connectivity index (χ3v) is 2.18. The average molecular weight is 268 g/mol. The van der Waals surface area contributed by atoms with Gasteiger partial charge in [0.2, 0.25) is 0 Å². The first-order valence-electron chi connectivity index (χ1n) is 5.66. The lowest BCUT2D eigenvalue weighted by molar-refractivity contribution is -0.132. The number of rotatable bonds is 4. The summed E-state index contributed by atoms with van der Waals surface area (Å²) in [6, 6.07) is 0. The Hall–Kier alpha value is -2.31. The van der Waals surface area contributed by atoms with Crippen molar-refractivity contribution >= 4 is 17.8 Å². The quantitative estimate of drug-likeness (QED) is 0.328. The molecular formula is C12H16N2O5. The second kappa shape index (κ2) is 7.20. The standard InChI is InChI=1S/C12H16N2O5/c1-4-18-12(16)19-11(15)10(13-17-3)9-6-5-7-14(2)8-9/h5-7H,4,8H2,1-3H3. The van der Waals surface area contributed by atoms with Crippen LogP contribution in [0.25, 0.3) is 0 Å². The van der Waals surface area contributed by atoms with E-state index in [1.165, 1.54) is 7.11 Å². The SMILES string of the molecule is CCOC(=O)OC(=O)C(=NOC)C1=CC=CN(C)C1. The van der Waals surface area contributed by atoms with E-state index in [0.29, 0.717) is 12.1 Å². The molecule has 1 aliphatic rings. The average Bonchev–Trinajstić information content (AvgIpc) is 2.35. The highest BCUT2D eigenvalue weighted by molar-refractivity contribution is 6.44. The fourth-order valence-electron chi connectivity index (χ4n) is 1.42. The highest BCUT2D eigenvalue weighted by Crippen LogP contribution is 2.09. The lowest BCUT2D eigenvalue weighted by Gasteiger charge is -2.19. The fraction of sp³-hybridized carbons (Fsp3) is 0.417. The number of oxime groups is 1. The van der Waals surface area contributed by atoms with Crippen LogP contribution < -0.4 is 0 Å². The maximum absolute atomic E-state index is 11.8. The third kappa shape index (κ3) is 4.46. The number of allylic oxidation sites excluding steroid dienone is 2. The second-order valence-electron chi connectivity index (χ2n) is 3.64. The van der Waals surface area contributed by atoms with E-state index in [1.54, 1.807) is 19.1 Å². The zero-order valence-corrected chi connectivity index (χ0v) is 11.1. The maximum atomic E-state index is 11.8. The summed E-state index contributed by atoms with van der Waals surface area (Å²) in [5, 5.41) is 3.60. The van der Waals surface area contributed by atoms with Gasteiger partial charge in [-0.15, -0.1) is 0 Å². The van der Waals surface area contributed by atoms with Gasteiger partial charge in [0.1, 0.15) is 7.11 Å². The van der Waals surface area contributed by atoms with Crippen molar-refractivity contribution in [1.82, 2.24) is 4.90 Å². The maximum Gasteiger partial charge on any atom is 0.516 e. The van der Waals surface area contributed by atoms with Crippen LogP contribution in [0, 0.1) is 0 Å². The molecule has 0 saturated carbocycles. The molecule has 0 spiro atoms. The van der Waals surface area contributed by atoms with E-state index in [4.69, 9.17) is 0 Å². The molecule has 0 aliphatic carbocycles. The monoisotopic (exact) mass is 268 g/mol. The Balaban J connectivity index is 2.81. The van der Waals surface area contributed by atoms with Crippen molar-refractivity contribution < 1.29 is 23.9 Å². The first-order valence-corrected chi connectivity index (χ1v) is 5.66. The van der Waals surface area contributed by atoms with Crippen LogP contribution in [0.4, 0.5) is 4.79 Å². The number of hydrogen-bond acceptors (Lipinski definition) is 7. The molecule has 0 atom stereocenters. The van der Waals surface area contributed by atoms with Gasteiger partial charge in [0.25, 0.3) is 0 Å². The van der Waals surface area contributed by atoms with E-state index in [1.807, 2.05) is 18.1 Å². The van der Waals surface area contributed by atoms with Gasteiger partial charge >= 0.3 is 12.1 Å². The van der Waals surface area contributed by atoms with E-state index < -0.39 is 12.1 Å². The van der Waals surface area contributed by atoms with E-state index >= 15 is 0 Å². The third-order valence-electron chi connectivity index (χ3n) is 2.18. The van der Waals surface area contributed by atoms with E-state index in [9.17, 15) is 9.59 Å². The van der Waals surface area contributed by atoms with E-state index in [2.05, 4.69) is 19.5 Å². The number of likely N-dealkylation sites (N-methyl/N-ethyl adjacent to an activating group) is 1. The molecule has 7 nitrogen and oxygen atoms in total. The molecular weight excluding hydrogens is 252 g/mol. The molecule has 0 aromatic carbocycles. The van der Waals surface area contributed by atoms with Gasteiger partial charge in [0.15, 0.2) is 5.71 Å². The molecule has 0 amide bonds. The smallest absolute Gasteiger partial charge is 0.434 e. The van der Waals surface area contributed by atoms with Crippen LogP contribution in [0.15, 0.2) is 29.1 Å². The minimum absolute atomic E-state index is 0.0632. The Morgan fingerprint density at radius 2 is 2.21 bits per heavy atom. The molecule has 0 unspecified atom stereocenters. The summed E-state index contributed by atoms with van der Waals surface area (Å²) in [5.41, 5.74) is 0.521. The largest absolute Gasteiger partial charge is 0.516 e. The normalized spacial score (nSPS) is 14.8. The summed E-state index contributed by atoms with van der Waals surface area (Å²) < 4.78 is 9.03. The molecule has 7 heteroatoms. The highest BCUT2D eigenvalue weighted by Gasteiger charge is 2.24. The predicted molar refractivity (Wildman–Crippen MR) is 67.4 cm³/mol. The Morgan fingerprint density at radius 3 is 2.79 bits per heavy atom. The first kappa shape index (κ1) is 14.7. The van der Waals surface area contributed by atoms with Crippen LogP contribution in [-0.4, -0.2) is 50.0 Å². The van der Waals surface area contributed by atoms with Gasteiger partial charge in [-0.2, -0.15) is 0 Å². The van der Waals surface area contributed by atoms with Crippen molar-refractivity contribution in [2.45, 2.75) is 6.92 Å². The minimum Gasteiger partial charge on any atom is -0.434 e. The van der Waals surface area contributed by atoms with Crippen LogP contribution in [-0.2, 0) is 19.1 Å². The predicted octanol–water partition coefficient (Wildman–Crippen LogP) is 1.07. The molecule has 0 radical (unpaired) electrons. The molecule has 1 rings (SSSR count). The first-order chi connectivity index (χ1) is 9.08. The summed E-state index contributed by atoms with van der Waals surface area (Å²) in [6.07, 6.45) is 4.23. The van der Waals surface area contributed by atoms with Crippen LogP contribution in [0.1, 0.15) is 6.92 Å². The van der Waals surface area contributed by atoms with Crippen molar-refractivity contribution in [3.63, 3.8) is 0 Å². The minimum atomic E-state index is -1.06.